The summed E-state index contributed by atoms with van der Waals surface area (Å²) in [6.45, 7) is 0.257. The lowest BCUT2D eigenvalue weighted by molar-refractivity contribution is 0.0354. The smallest absolute Gasteiger partial charge is 0.342 e. The van der Waals surface area contributed by atoms with E-state index in [2.05, 4.69) is 53.5 Å². The third kappa shape index (κ3) is 3.06. The molecule has 3 nitrogen and oxygen atoms in total. The van der Waals surface area contributed by atoms with Crippen LogP contribution in [-0.4, -0.2) is 18.7 Å². The van der Waals surface area contributed by atoms with E-state index in [1.807, 2.05) is 6.07 Å². The fourth-order valence-corrected chi connectivity index (χ4v) is 2.98. The van der Waals surface area contributed by atoms with Gasteiger partial charge in [-0.05, 0) is 28.1 Å². The normalized spacial score (nSPS) is 17.7. The van der Waals surface area contributed by atoms with Crippen molar-refractivity contribution < 1.29 is 14.3 Å². The lowest BCUT2D eigenvalue weighted by Crippen LogP contribution is -2.19. The molecule has 0 radical (unpaired) electrons. The maximum Gasteiger partial charge on any atom is 0.342 e. The zero-order valence-corrected chi connectivity index (χ0v) is 13.7. The van der Waals surface area contributed by atoms with Gasteiger partial charge in [0, 0.05) is 15.5 Å². The van der Waals surface area contributed by atoms with E-state index in [1.54, 1.807) is 17.1 Å². The SMILES string of the molecule is O=C1O[C@@H](C=C=CBr)COc2c(Br)cc(Br)cc21. The second-order valence-electron chi connectivity index (χ2n) is 3.46. The maximum atomic E-state index is 12.0. The van der Waals surface area contributed by atoms with E-state index in [4.69, 9.17) is 9.47 Å². The number of esters is 1. The molecule has 1 aliphatic heterocycles. The number of benzene rings is 1. The first-order valence-electron chi connectivity index (χ1n) is 4.96. The summed E-state index contributed by atoms with van der Waals surface area (Å²) >= 11 is 9.79. The topological polar surface area (TPSA) is 35.5 Å². The highest BCUT2D eigenvalue weighted by Gasteiger charge is 2.25. The van der Waals surface area contributed by atoms with Crippen molar-refractivity contribution in [3.63, 3.8) is 0 Å². The largest absolute Gasteiger partial charge is 0.487 e. The second-order valence-corrected chi connectivity index (χ2v) is 5.69. The van der Waals surface area contributed by atoms with E-state index < -0.39 is 12.1 Å². The van der Waals surface area contributed by atoms with Gasteiger partial charge >= 0.3 is 5.97 Å². The van der Waals surface area contributed by atoms with Gasteiger partial charge in [0.15, 0.2) is 6.10 Å². The molecule has 0 aliphatic carbocycles. The van der Waals surface area contributed by atoms with Crippen molar-refractivity contribution in [3.8, 4) is 5.75 Å². The van der Waals surface area contributed by atoms with E-state index >= 15 is 0 Å². The average Bonchev–Trinajstić information content (AvgIpc) is 2.47. The van der Waals surface area contributed by atoms with Crippen LogP contribution in [-0.2, 0) is 4.74 Å². The third-order valence-electron chi connectivity index (χ3n) is 2.22. The van der Waals surface area contributed by atoms with Crippen LogP contribution in [0.25, 0.3) is 0 Å². The molecule has 1 aromatic carbocycles. The number of carbonyl (C=O) groups is 1. The molecule has 0 unspecified atom stereocenters. The molecule has 0 N–H and O–H groups in total. The highest BCUT2D eigenvalue weighted by atomic mass is 79.9. The number of hydrogen-bond donors (Lipinski definition) is 0. The summed E-state index contributed by atoms with van der Waals surface area (Å²) < 4.78 is 12.4. The van der Waals surface area contributed by atoms with Gasteiger partial charge in [0.25, 0.3) is 0 Å². The molecule has 94 valence electrons. The summed E-state index contributed by atoms with van der Waals surface area (Å²) in [5.41, 5.74) is 3.21. The number of rotatable bonds is 1. The Balaban J connectivity index is 2.37. The van der Waals surface area contributed by atoms with Crippen LogP contribution in [0.2, 0.25) is 0 Å². The van der Waals surface area contributed by atoms with Gasteiger partial charge in [-0.25, -0.2) is 4.79 Å². The van der Waals surface area contributed by atoms with E-state index in [9.17, 15) is 4.79 Å². The van der Waals surface area contributed by atoms with Crippen molar-refractivity contribution in [1.29, 1.82) is 0 Å². The summed E-state index contributed by atoms with van der Waals surface area (Å²) in [5.74, 6) is 0.0871. The van der Waals surface area contributed by atoms with Crippen LogP contribution in [0.4, 0.5) is 0 Å². The number of halogens is 3. The van der Waals surface area contributed by atoms with Crippen molar-refractivity contribution >= 4 is 53.8 Å². The molecule has 6 heteroatoms. The summed E-state index contributed by atoms with van der Waals surface area (Å²) in [6, 6.07) is 3.50. The first kappa shape index (κ1) is 13.9. The number of hydrogen-bond acceptors (Lipinski definition) is 3. The number of ether oxygens (including phenoxy) is 2. The van der Waals surface area contributed by atoms with Crippen molar-refractivity contribution in [3.05, 3.63) is 43.4 Å². The standard InChI is InChI=1S/C12H7Br3O3/c13-3-1-2-8-6-17-11-9(12(16)18-8)4-7(14)5-10(11)15/h2-5,8H,6H2/t1?,8-/m0/s1. The molecular formula is C12H7Br3O3. The second kappa shape index (κ2) is 6.06. The number of fused-ring (bicyclic) bond motifs is 1. The summed E-state index contributed by atoms with van der Waals surface area (Å²) in [7, 11) is 0. The van der Waals surface area contributed by atoms with Crippen LogP contribution < -0.4 is 4.74 Å². The summed E-state index contributed by atoms with van der Waals surface area (Å²) in [4.78, 5) is 13.5. The fraction of sp³-hybridized carbons (Fsp3) is 0.167. The Morgan fingerprint density at radius 2 is 2.17 bits per heavy atom. The van der Waals surface area contributed by atoms with Gasteiger partial charge < -0.3 is 9.47 Å². The van der Waals surface area contributed by atoms with Crippen LogP contribution in [0.1, 0.15) is 10.4 Å². The molecule has 0 fully saturated rings. The molecule has 0 bridgehead atoms. The monoisotopic (exact) mass is 436 g/mol. The predicted octanol–water partition coefficient (Wildman–Crippen LogP) is 4.19. The van der Waals surface area contributed by atoms with Crippen molar-refractivity contribution in [2.75, 3.05) is 6.61 Å². The zero-order valence-electron chi connectivity index (χ0n) is 8.95. The van der Waals surface area contributed by atoms with Gasteiger partial charge in [0.2, 0.25) is 0 Å². The Morgan fingerprint density at radius 1 is 1.39 bits per heavy atom. The van der Waals surface area contributed by atoms with E-state index in [-0.39, 0.29) is 6.61 Å². The lowest BCUT2D eigenvalue weighted by Gasteiger charge is -2.08. The van der Waals surface area contributed by atoms with Gasteiger partial charge in [-0.15, -0.1) is 5.73 Å². The molecule has 0 amide bonds. The molecule has 0 spiro atoms. The Labute approximate surface area is 129 Å². The van der Waals surface area contributed by atoms with Gasteiger partial charge in [-0.1, -0.05) is 31.9 Å². The van der Waals surface area contributed by atoms with Crippen LogP contribution in [0.3, 0.4) is 0 Å². The molecule has 0 saturated carbocycles. The molecule has 18 heavy (non-hydrogen) atoms. The van der Waals surface area contributed by atoms with Crippen molar-refractivity contribution in [2.24, 2.45) is 0 Å². The first-order chi connectivity index (χ1) is 8.61. The van der Waals surface area contributed by atoms with Crippen molar-refractivity contribution in [1.82, 2.24) is 0 Å². The first-order valence-corrected chi connectivity index (χ1v) is 7.46. The lowest BCUT2D eigenvalue weighted by atomic mass is 10.2. The van der Waals surface area contributed by atoms with Crippen LogP contribution >= 0.6 is 47.8 Å². The fourth-order valence-electron chi connectivity index (χ4n) is 1.48. The van der Waals surface area contributed by atoms with Crippen LogP contribution in [0.15, 0.2) is 37.9 Å². The van der Waals surface area contributed by atoms with Gasteiger partial charge in [-0.3, -0.25) is 0 Å². The van der Waals surface area contributed by atoms with Gasteiger partial charge in [0.1, 0.15) is 17.9 Å². The minimum Gasteiger partial charge on any atom is -0.487 e. The zero-order chi connectivity index (χ0) is 13.1. The predicted molar refractivity (Wildman–Crippen MR) is 78.1 cm³/mol. The number of carbonyl (C=O) groups excluding carboxylic acids is 1. The molecule has 1 aromatic rings. The highest BCUT2D eigenvalue weighted by molar-refractivity contribution is 9.11. The molecule has 2 rings (SSSR count). The molecule has 0 saturated heterocycles. The molecule has 1 heterocycles. The minimum absolute atomic E-state index is 0.257. The molecular weight excluding hydrogens is 432 g/mol. The molecule has 1 aliphatic rings. The van der Waals surface area contributed by atoms with E-state index in [1.165, 1.54) is 0 Å². The average molecular weight is 439 g/mol. The summed E-state index contributed by atoms with van der Waals surface area (Å²) in [6.07, 6.45) is 1.17. The van der Waals surface area contributed by atoms with Crippen LogP contribution in [0, 0.1) is 0 Å². The van der Waals surface area contributed by atoms with Crippen LogP contribution in [0.5, 0.6) is 5.75 Å². The Bertz CT molecular complexity index is 548. The van der Waals surface area contributed by atoms with Gasteiger partial charge in [0.05, 0.1) is 4.47 Å². The third-order valence-corrected chi connectivity index (χ3v) is 3.53. The van der Waals surface area contributed by atoms with E-state index in [0.717, 1.165) is 4.47 Å². The van der Waals surface area contributed by atoms with Crippen molar-refractivity contribution in [2.45, 2.75) is 6.10 Å². The Hall–Kier alpha value is -0.550. The Morgan fingerprint density at radius 3 is 2.89 bits per heavy atom. The molecule has 0 aromatic heterocycles. The van der Waals surface area contributed by atoms with Gasteiger partial charge in [-0.2, -0.15) is 0 Å². The molecule has 1 atom stereocenters. The highest BCUT2D eigenvalue weighted by Crippen LogP contribution is 2.35. The van der Waals surface area contributed by atoms with E-state index in [0.29, 0.717) is 15.8 Å². The maximum absolute atomic E-state index is 12.0. The minimum atomic E-state index is -0.454. The summed E-state index contributed by atoms with van der Waals surface area (Å²) in [5, 5.41) is 0. The quantitative estimate of drug-likeness (QED) is 0.487. The Kier molecular flexibility index (Phi) is 4.67. The number of cyclic esters (lactones) is 1.